The summed E-state index contributed by atoms with van der Waals surface area (Å²) >= 11 is 1.43. The van der Waals surface area contributed by atoms with Gasteiger partial charge in [-0.15, -0.1) is 11.3 Å². The summed E-state index contributed by atoms with van der Waals surface area (Å²) in [5.74, 6) is 0.0385. The monoisotopic (exact) mass is 473 g/mol. The molecule has 1 unspecified atom stereocenters. The molecule has 0 radical (unpaired) electrons. The Balaban J connectivity index is 1.56. The zero-order valence-corrected chi connectivity index (χ0v) is 19.9. The fourth-order valence-electron chi connectivity index (χ4n) is 4.21. The average Bonchev–Trinajstić information content (AvgIpc) is 3.35. The van der Waals surface area contributed by atoms with Crippen LogP contribution < -0.4 is 5.56 Å². The molecule has 2 aromatic heterocycles. The van der Waals surface area contributed by atoms with Crippen LogP contribution in [-0.2, 0) is 21.2 Å². The van der Waals surface area contributed by atoms with Crippen molar-refractivity contribution in [2.45, 2.75) is 45.7 Å². The van der Waals surface area contributed by atoms with Gasteiger partial charge in [0.2, 0.25) is 5.91 Å². The predicted octanol–water partition coefficient (Wildman–Crippen LogP) is 3.25. The van der Waals surface area contributed by atoms with Gasteiger partial charge in [0, 0.05) is 36.5 Å². The van der Waals surface area contributed by atoms with Crippen molar-refractivity contribution >= 4 is 37.3 Å². The highest BCUT2D eigenvalue weighted by molar-refractivity contribution is 7.91. The standard InChI is InChI=1S/C23H27N3O4S2/c1-3-10-26(18-9-12-32(29,30)14-18)20(27)8-11-25-15-24-22-21(23(25)28)19(13-31-22)17-6-4-16(2)5-7-17/h4-7,13,15,18H,3,8-12,14H2,1-2H3. The molecule has 4 rings (SSSR count). The lowest BCUT2D eigenvalue weighted by Crippen LogP contribution is -2.42. The number of thiophene rings is 1. The molecule has 170 valence electrons. The molecule has 1 aliphatic rings. The van der Waals surface area contributed by atoms with Crippen molar-refractivity contribution < 1.29 is 13.2 Å². The van der Waals surface area contributed by atoms with Gasteiger partial charge in [0.25, 0.3) is 5.56 Å². The van der Waals surface area contributed by atoms with Crippen molar-refractivity contribution in [1.29, 1.82) is 0 Å². The molecule has 1 atom stereocenters. The van der Waals surface area contributed by atoms with E-state index < -0.39 is 9.84 Å². The molecule has 7 nitrogen and oxygen atoms in total. The minimum atomic E-state index is -3.08. The van der Waals surface area contributed by atoms with E-state index in [4.69, 9.17) is 0 Å². The van der Waals surface area contributed by atoms with Gasteiger partial charge in [0.15, 0.2) is 9.84 Å². The minimum Gasteiger partial charge on any atom is -0.339 e. The molecule has 1 aliphatic heterocycles. The van der Waals surface area contributed by atoms with Crippen LogP contribution in [0.25, 0.3) is 21.3 Å². The second kappa shape index (κ2) is 9.15. The molecule has 1 amide bonds. The summed E-state index contributed by atoms with van der Waals surface area (Å²) in [6, 6.07) is 7.75. The van der Waals surface area contributed by atoms with Gasteiger partial charge in [0.1, 0.15) is 4.83 Å². The molecule has 0 bridgehead atoms. The Bertz CT molecular complexity index is 1290. The van der Waals surface area contributed by atoms with Crippen LogP contribution in [0.2, 0.25) is 0 Å². The maximum Gasteiger partial charge on any atom is 0.262 e. The number of fused-ring (bicyclic) bond motifs is 1. The summed E-state index contributed by atoms with van der Waals surface area (Å²) in [5, 5.41) is 2.52. The van der Waals surface area contributed by atoms with Crippen molar-refractivity contribution in [2.75, 3.05) is 18.1 Å². The van der Waals surface area contributed by atoms with E-state index in [1.54, 1.807) is 4.90 Å². The number of carbonyl (C=O) groups is 1. The van der Waals surface area contributed by atoms with E-state index in [-0.39, 0.29) is 42.0 Å². The van der Waals surface area contributed by atoms with Gasteiger partial charge in [0.05, 0.1) is 23.2 Å². The molecule has 3 heterocycles. The number of rotatable bonds is 7. The fraction of sp³-hybridized carbons (Fsp3) is 0.435. The number of nitrogens with zero attached hydrogens (tertiary/aromatic N) is 3. The molecule has 0 saturated carbocycles. The number of carbonyl (C=O) groups excluding carboxylic acids is 1. The Labute approximate surface area is 191 Å². The number of aryl methyl sites for hydroxylation is 2. The average molecular weight is 474 g/mol. The van der Waals surface area contributed by atoms with E-state index in [0.29, 0.717) is 23.2 Å². The van der Waals surface area contributed by atoms with E-state index in [1.165, 1.54) is 22.2 Å². The number of hydrogen-bond donors (Lipinski definition) is 0. The highest BCUT2D eigenvalue weighted by Crippen LogP contribution is 2.30. The zero-order valence-electron chi connectivity index (χ0n) is 18.3. The minimum absolute atomic E-state index is 0.0288. The molecule has 0 spiro atoms. The van der Waals surface area contributed by atoms with E-state index >= 15 is 0 Å². The van der Waals surface area contributed by atoms with Crippen LogP contribution in [0, 0.1) is 6.92 Å². The smallest absolute Gasteiger partial charge is 0.262 e. The van der Waals surface area contributed by atoms with Crippen LogP contribution in [0.15, 0.2) is 40.8 Å². The Kier molecular flexibility index (Phi) is 6.48. The lowest BCUT2D eigenvalue weighted by molar-refractivity contribution is -0.133. The number of hydrogen-bond acceptors (Lipinski definition) is 6. The molecule has 0 N–H and O–H groups in total. The molecule has 3 aromatic rings. The SMILES string of the molecule is CCCN(C(=O)CCn1cnc2scc(-c3ccc(C)cc3)c2c1=O)C1CCS(=O)(=O)C1. The maximum absolute atomic E-state index is 13.2. The maximum atomic E-state index is 13.2. The van der Waals surface area contributed by atoms with E-state index in [2.05, 4.69) is 4.98 Å². The van der Waals surface area contributed by atoms with Gasteiger partial charge in [-0.3, -0.25) is 14.2 Å². The van der Waals surface area contributed by atoms with Gasteiger partial charge in [-0.25, -0.2) is 13.4 Å². The normalized spacial score (nSPS) is 17.6. The molecule has 9 heteroatoms. The number of amides is 1. The third-order valence-corrected chi connectivity index (χ3v) is 8.56. The highest BCUT2D eigenvalue weighted by atomic mass is 32.2. The molecule has 0 aliphatic carbocycles. The van der Waals surface area contributed by atoms with Crippen LogP contribution in [0.1, 0.15) is 31.7 Å². The summed E-state index contributed by atoms with van der Waals surface area (Å²) in [6.45, 7) is 4.72. The summed E-state index contributed by atoms with van der Waals surface area (Å²) < 4.78 is 25.2. The lowest BCUT2D eigenvalue weighted by Gasteiger charge is -2.28. The first-order valence-corrected chi connectivity index (χ1v) is 13.5. The first-order chi connectivity index (χ1) is 15.3. The topological polar surface area (TPSA) is 89.3 Å². The van der Waals surface area contributed by atoms with E-state index in [0.717, 1.165) is 23.1 Å². The third-order valence-electron chi connectivity index (χ3n) is 5.92. The second-order valence-corrected chi connectivity index (χ2v) is 11.4. The van der Waals surface area contributed by atoms with Crippen LogP contribution in [0.5, 0.6) is 0 Å². The van der Waals surface area contributed by atoms with Crippen molar-refractivity contribution in [2.24, 2.45) is 0 Å². The van der Waals surface area contributed by atoms with Gasteiger partial charge in [-0.1, -0.05) is 36.8 Å². The molecule has 1 fully saturated rings. The Morgan fingerprint density at radius 3 is 2.69 bits per heavy atom. The molecule has 32 heavy (non-hydrogen) atoms. The first-order valence-electron chi connectivity index (χ1n) is 10.8. The number of benzene rings is 1. The van der Waals surface area contributed by atoms with Crippen LogP contribution in [0.4, 0.5) is 0 Å². The van der Waals surface area contributed by atoms with Crippen molar-refractivity contribution in [3.05, 3.63) is 51.9 Å². The van der Waals surface area contributed by atoms with Crippen LogP contribution in [0.3, 0.4) is 0 Å². The van der Waals surface area contributed by atoms with Crippen LogP contribution >= 0.6 is 11.3 Å². The largest absolute Gasteiger partial charge is 0.339 e. The van der Waals surface area contributed by atoms with Gasteiger partial charge >= 0.3 is 0 Å². The van der Waals surface area contributed by atoms with E-state index in [9.17, 15) is 18.0 Å². The van der Waals surface area contributed by atoms with Crippen LogP contribution in [-0.4, -0.2) is 52.9 Å². The summed E-state index contributed by atoms with van der Waals surface area (Å²) in [4.78, 5) is 33.0. The lowest BCUT2D eigenvalue weighted by atomic mass is 10.1. The number of sulfone groups is 1. The summed E-state index contributed by atoms with van der Waals surface area (Å²) in [7, 11) is -3.08. The van der Waals surface area contributed by atoms with Crippen molar-refractivity contribution in [3.8, 4) is 11.1 Å². The van der Waals surface area contributed by atoms with Gasteiger partial charge in [-0.2, -0.15) is 0 Å². The molecule has 1 aromatic carbocycles. The molecular weight excluding hydrogens is 446 g/mol. The van der Waals surface area contributed by atoms with E-state index in [1.807, 2.05) is 43.5 Å². The molecular formula is C23H27N3O4S2. The Hall–Kier alpha value is -2.52. The number of aromatic nitrogens is 2. The summed E-state index contributed by atoms with van der Waals surface area (Å²) in [6.07, 6.45) is 2.87. The predicted molar refractivity (Wildman–Crippen MR) is 128 cm³/mol. The Morgan fingerprint density at radius 2 is 2.03 bits per heavy atom. The van der Waals surface area contributed by atoms with Gasteiger partial charge in [-0.05, 0) is 25.3 Å². The Morgan fingerprint density at radius 1 is 1.28 bits per heavy atom. The molecule has 1 saturated heterocycles. The van der Waals surface area contributed by atoms with Crippen molar-refractivity contribution in [3.63, 3.8) is 0 Å². The third kappa shape index (κ3) is 4.63. The quantitative estimate of drug-likeness (QED) is 0.526. The van der Waals surface area contributed by atoms with Crippen molar-refractivity contribution in [1.82, 2.24) is 14.5 Å². The second-order valence-electron chi connectivity index (χ2n) is 8.33. The highest BCUT2D eigenvalue weighted by Gasteiger charge is 2.34. The first kappa shape index (κ1) is 22.7. The zero-order chi connectivity index (χ0) is 22.9. The fourth-order valence-corrected chi connectivity index (χ4v) is 6.84. The van der Waals surface area contributed by atoms with Gasteiger partial charge < -0.3 is 4.90 Å². The summed E-state index contributed by atoms with van der Waals surface area (Å²) in [5.41, 5.74) is 2.80.